The number of amides is 1. The second-order valence-electron chi connectivity index (χ2n) is 6.14. The van der Waals surface area contributed by atoms with Crippen LogP contribution in [0.4, 0.5) is 0 Å². The predicted molar refractivity (Wildman–Crippen MR) is 86.7 cm³/mol. The lowest BCUT2D eigenvalue weighted by Gasteiger charge is -2.29. The number of hydrogen-bond donors (Lipinski definition) is 0. The predicted octanol–water partition coefficient (Wildman–Crippen LogP) is 1.85. The van der Waals surface area contributed by atoms with E-state index in [-0.39, 0.29) is 24.5 Å². The summed E-state index contributed by atoms with van der Waals surface area (Å²) in [7, 11) is -3.34. The molecule has 1 aromatic carbocycles. The molecule has 1 aliphatic rings. The molecule has 1 fully saturated rings. The Morgan fingerprint density at radius 2 is 1.82 bits per heavy atom. The molecule has 0 aromatic heterocycles. The molecule has 0 radical (unpaired) electrons. The van der Waals surface area contributed by atoms with Crippen LogP contribution in [-0.2, 0) is 21.4 Å². The first-order valence-corrected chi connectivity index (χ1v) is 9.44. The average Bonchev–Trinajstić information content (AvgIpc) is 3.26. The van der Waals surface area contributed by atoms with E-state index >= 15 is 0 Å². The Hall–Kier alpha value is -1.40. The van der Waals surface area contributed by atoms with Gasteiger partial charge >= 0.3 is 0 Å². The first kappa shape index (κ1) is 17.0. The number of rotatable bonds is 7. The molecule has 0 heterocycles. The van der Waals surface area contributed by atoms with Crippen molar-refractivity contribution in [1.29, 1.82) is 0 Å². The minimum atomic E-state index is -3.34. The number of carbonyl (C=O) groups is 1. The van der Waals surface area contributed by atoms with Crippen molar-refractivity contribution in [2.75, 3.05) is 12.8 Å². The molecule has 1 aromatic rings. The fourth-order valence-electron chi connectivity index (χ4n) is 2.44. The molecule has 5 nitrogen and oxygen atoms in total. The summed E-state index contributed by atoms with van der Waals surface area (Å²) in [6.45, 7) is 4.33. The van der Waals surface area contributed by atoms with Crippen molar-refractivity contribution in [3.8, 4) is 0 Å². The van der Waals surface area contributed by atoms with E-state index in [0.29, 0.717) is 6.54 Å². The van der Waals surface area contributed by atoms with Gasteiger partial charge in [-0.3, -0.25) is 4.79 Å². The lowest BCUT2D eigenvalue weighted by atomic mass is 10.2. The zero-order valence-electron chi connectivity index (χ0n) is 13.4. The molecule has 1 saturated carbocycles. The molecule has 1 amide bonds. The fourth-order valence-corrected chi connectivity index (χ4v) is 3.54. The smallest absolute Gasteiger partial charge is 0.238 e. The van der Waals surface area contributed by atoms with Crippen LogP contribution in [0.5, 0.6) is 0 Å². The van der Waals surface area contributed by atoms with Gasteiger partial charge in [0.1, 0.15) is 0 Å². The van der Waals surface area contributed by atoms with E-state index in [9.17, 15) is 13.2 Å². The van der Waals surface area contributed by atoms with Crippen molar-refractivity contribution < 1.29 is 13.2 Å². The van der Waals surface area contributed by atoms with Crippen LogP contribution in [0.15, 0.2) is 30.3 Å². The fraction of sp³-hybridized carbons (Fsp3) is 0.562. The van der Waals surface area contributed by atoms with Crippen LogP contribution in [0.2, 0.25) is 0 Å². The van der Waals surface area contributed by atoms with Crippen LogP contribution in [-0.4, -0.2) is 48.4 Å². The van der Waals surface area contributed by atoms with E-state index in [2.05, 4.69) is 0 Å². The van der Waals surface area contributed by atoms with E-state index < -0.39 is 10.0 Å². The van der Waals surface area contributed by atoms with Crippen LogP contribution in [0, 0.1) is 0 Å². The molecular weight excluding hydrogens is 300 g/mol. The second-order valence-corrected chi connectivity index (χ2v) is 8.08. The Morgan fingerprint density at radius 3 is 2.27 bits per heavy atom. The Labute approximate surface area is 133 Å². The quantitative estimate of drug-likeness (QED) is 0.769. The van der Waals surface area contributed by atoms with Crippen LogP contribution >= 0.6 is 0 Å². The summed E-state index contributed by atoms with van der Waals surface area (Å²) in [5, 5.41) is 0. The third-order valence-electron chi connectivity index (χ3n) is 3.81. The summed E-state index contributed by atoms with van der Waals surface area (Å²) in [6, 6.07) is 9.77. The summed E-state index contributed by atoms with van der Waals surface area (Å²) >= 11 is 0. The van der Waals surface area contributed by atoms with Gasteiger partial charge in [0.05, 0.1) is 12.8 Å². The maximum Gasteiger partial charge on any atom is 0.238 e. The molecule has 6 heteroatoms. The highest BCUT2D eigenvalue weighted by molar-refractivity contribution is 7.88. The van der Waals surface area contributed by atoms with Gasteiger partial charge in [-0.25, -0.2) is 8.42 Å². The third-order valence-corrected chi connectivity index (χ3v) is 5.09. The van der Waals surface area contributed by atoms with Crippen LogP contribution in [0.3, 0.4) is 0 Å². The van der Waals surface area contributed by atoms with E-state index in [1.165, 1.54) is 10.6 Å². The first-order chi connectivity index (χ1) is 10.3. The molecule has 122 valence electrons. The maximum atomic E-state index is 12.6. The number of hydrogen-bond acceptors (Lipinski definition) is 3. The van der Waals surface area contributed by atoms with Crippen molar-refractivity contribution in [2.45, 2.75) is 45.3 Å². The van der Waals surface area contributed by atoms with E-state index in [4.69, 9.17) is 0 Å². The number of sulfonamides is 1. The summed E-state index contributed by atoms with van der Waals surface area (Å²) in [4.78, 5) is 14.3. The standard InChI is InChI=1S/C16H24N2O3S/c1-13(2)17(11-14-7-5-4-6-8-14)16(19)12-18(15-9-10-15)22(3,20)21/h4-8,13,15H,9-12H2,1-3H3. The number of carbonyl (C=O) groups excluding carboxylic acids is 1. The highest BCUT2D eigenvalue weighted by Gasteiger charge is 2.37. The summed E-state index contributed by atoms with van der Waals surface area (Å²) in [5.41, 5.74) is 1.04. The van der Waals surface area contributed by atoms with Crippen LogP contribution in [0.1, 0.15) is 32.3 Å². The van der Waals surface area contributed by atoms with Gasteiger partial charge in [0, 0.05) is 18.6 Å². The van der Waals surface area contributed by atoms with Crippen LogP contribution < -0.4 is 0 Å². The summed E-state index contributed by atoms with van der Waals surface area (Å²) in [5.74, 6) is -0.142. The van der Waals surface area contributed by atoms with Crippen molar-refractivity contribution in [1.82, 2.24) is 9.21 Å². The highest BCUT2D eigenvalue weighted by Crippen LogP contribution is 2.28. The highest BCUT2D eigenvalue weighted by atomic mass is 32.2. The van der Waals surface area contributed by atoms with Gasteiger partial charge < -0.3 is 4.90 Å². The Bertz CT molecular complexity index is 610. The zero-order chi connectivity index (χ0) is 16.3. The maximum absolute atomic E-state index is 12.6. The van der Waals surface area contributed by atoms with Crippen molar-refractivity contribution >= 4 is 15.9 Å². The summed E-state index contributed by atoms with van der Waals surface area (Å²) in [6.07, 6.45) is 2.87. The number of benzene rings is 1. The molecule has 0 atom stereocenters. The van der Waals surface area contributed by atoms with Gasteiger partial charge in [0.15, 0.2) is 0 Å². The molecule has 22 heavy (non-hydrogen) atoms. The minimum Gasteiger partial charge on any atom is -0.335 e. The third kappa shape index (κ3) is 4.55. The molecule has 0 bridgehead atoms. The Balaban J connectivity index is 2.09. The average molecular weight is 324 g/mol. The summed E-state index contributed by atoms with van der Waals surface area (Å²) < 4.78 is 25.1. The normalized spacial score (nSPS) is 15.3. The zero-order valence-corrected chi connectivity index (χ0v) is 14.2. The van der Waals surface area contributed by atoms with Crippen LogP contribution in [0.25, 0.3) is 0 Å². The number of nitrogens with zero attached hydrogens (tertiary/aromatic N) is 2. The topological polar surface area (TPSA) is 57.7 Å². The van der Waals surface area contributed by atoms with Gasteiger partial charge in [0.2, 0.25) is 15.9 Å². The Kier molecular flexibility index (Phi) is 5.24. The minimum absolute atomic E-state index is 0.00434. The molecule has 0 aliphatic heterocycles. The Morgan fingerprint density at radius 1 is 1.23 bits per heavy atom. The lowest BCUT2D eigenvalue weighted by molar-refractivity contribution is -0.133. The van der Waals surface area contributed by atoms with Gasteiger partial charge in [0.25, 0.3) is 0 Å². The van der Waals surface area contributed by atoms with Gasteiger partial charge in [-0.1, -0.05) is 30.3 Å². The SMILES string of the molecule is CC(C)N(Cc1ccccc1)C(=O)CN(C1CC1)S(C)(=O)=O. The van der Waals surface area contributed by atoms with Crippen molar-refractivity contribution in [3.05, 3.63) is 35.9 Å². The monoisotopic (exact) mass is 324 g/mol. The molecule has 0 saturated heterocycles. The molecule has 0 spiro atoms. The van der Waals surface area contributed by atoms with E-state index in [0.717, 1.165) is 18.4 Å². The largest absolute Gasteiger partial charge is 0.335 e. The van der Waals surface area contributed by atoms with Crippen molar-refractivity contribution in [3.63, 3.8) is 0 Å². The van der Waals surface area contributed by atoms with E-state index in [1.54, 1.807) is 4.90 Å². The second kappa shape index (κ2) is 6.79. The van der Waals surface area contributed by atoms with Gasteiger partial charge in [-0.15, -0.1) is 0 Å². The van der Waals surface area contributed by atoms with Crippen molar-refractivity contribution in [2.24, 2.45) is 0 Å². The molecule has 0 unspecified atom stereocenters. The molecular formula is C16H24N2O3S. The van der Waals surface area contributed by atoms with E-state index in [1.807, 2.05) is 44.2 Å². The lowest BCUT2D eigenvalue weighted by Crippen LogP contribution is -2.45. The molecule has 2 rings (SSSR count). The molecule has 0 N–H and O–H groups in total. The van der Waals surface area contributed by atoms with Gasteiger partial charge in [-0.2, -0.15) is 4.31 Å². The first-order valence-electron chi connectivity index (χ1n) is 7.59. The van der Waals surface area contributed by atoms with Gasteiger partial charge in [-0.05, 0) is 32.3 Å². The molecule has 1 aliphatic carbocycles.